The summed E-state index contributed by atoms with van der Waals surface area (Å²) in [6.45, 7) is 0.991. The molecule has 1 fully saturated rings. The summed E-state index contributed by atoms with van der Waals surface area (Å²) < 4.78 is 5.14. The van der Waals surface area contributed by atoms with Crippen LogP contribution in [-0.2, 0) is 14.4 Å². The molecule has 0 unspecified atom stereocenters. The third-order valence-electron chi connectivity index (χ3n) is 4.51. The second-order valence-electron chi connectivity index (χ2n) is 6.36. The quantitative estimate of drug-likeness (QED) is 0.764. The van der Waals surface area contributed by atoms with Crippen LogP contribution in [0.15, 0.2) is 30.3 Å². The standard InChI is InChI=1S/C19H25N3O4/c1-21(13-18(24)22-10-8-15(9-11-22)19(20)25)17(23)7-6-14-4-3-5-16(12-14)26-2/h3-7,12,15H,8-11,13H2,1-2H3,(H2,20,25)/b7-6+. The summed E-state index contributed by atoms with van der Waals surface area (Å²) in [5, 5.41) is 0. The minimum atomic E-state index is -0.313. The number of nitrogens with zero attached hydrogens (tertiary/aromatic N) is 2. The molecule has 1 aliphatic heterocycles. The van der Waals surface area contributed by atoms with E-state index >= 15 is 0 Å². The fourth-order valence-corrected chi connectivity index (χ4v) is 2.83. The SMILES string of the molecule is COc1cccc(/C=C/C(=O)N(C)CC(=O)N2CCC(C(N)=O)CC2)c1. The highest BCUT2D eigenvalue weighted by molar-refractivity contribution is 5.94. The first kappa shape index (κ1) is 19.5. The fraction of sp³-hybridized carbons (Fsp3) is 0.421. The number of rotatable bonds is 6. The Labute approximate surface area is 153 Å². The molecule has 7 nitrogen and oxygen atoms in total. The lowest BCUT2D eigenvalue weighted by Crippen LogP contribution is -2.46. The van der Waals surface area contributed by atoms with E-state index in [1.165, 1.54) is 11.0 Å². The van der Waals surface area contributed by atoms with Crippen molar-refractivity contribution in [1.29, 1.82) is 0 Å². The van der Waals surface area contributed by atoms with Gasteiger partial charge in [0.15, 0.2) is 0 Å². The first-order valence-electron chi connectivity index (χ1n) is 8.55. The van der Waals surface area contributed by atoms with E-state index in [0.29, 0.717) is 31.7 Å². The maximum atomic E-state index is 12.3. The topological polar surface area (TPSA) is 92.9 Å². The van der Waals surface area contributed by atoms with Gasteiger partial charge in [0.2, 0.25) is 17.7 Å². The van der Waals surface area contributed by atoms with Crippen molar-refractivity contribution >= 4 is 23.8 Å². The molecule has 1 heterocycles. The van der Waals surface area contributed by atoms with E-state index < -0.39 is 0 Å². The molecule has 1 aliphatic rings. The van der Waals surface area contributed by atoms with Crippen LogP contribution in [0.4, 0.5) is 0 Å². The third kappa shape index (κ3) is 5.34. The zero-order valence-electron chi connectivity index (χ0n) is 15.2. The molecule has 0 aromatic heterocycles. The number of nitrogens with two attached hydrogens (primary N) is 1. The van der Waals surface area contributed by atoms with Crippen LogP contribution in [0, 0.1) is 5.92 Å². The molecular formula is C19H25N3O4. The largest absolute Gasteiger partial charge is 0.497 e. The van der Waals surface area contributed by atoms with E-state index in [0.717, 1.165) is 5.56 Å². The number of benzene rings is 1. The van der Waals surface area contributed by atoms with Crippen molar-refractivity contribution in [3.63, 3.8) is 0 Å². The molecule has 0 saturated carbocycles. The number of ether oxygens (including phenoxy) is 1. The first-order valence-corrected chi connectivity index (χ1v) is 8.55. The van der Waals surface area contributed by atoms with E-state index in [2.05, 4.69) is 0 Å². The maximum absolute atomic E-state index is 12.3. The summed E-state index contributed by atoms with van der Waals surface area (Å²) in [7, 11) is 3.17. The average molecular weight is 359 g/mol. The maximum Gasteiger partial charge on any atom is 0.246 e. The van der Waals surface area contributed by atoms with E-state index in [4.69, 9.17) is 10.5 Å². The summed E-state index contributed by atoms with van der Waals surface area (Å²) >= 11 is 0. The number of carbonyl (C=O) groups is 3. The molecule has 0 atom stereocenters. The van der Waals surface area contributed by atoms with Gasteiger partial charge in [0.25, 0.3) is 0 Å². The predicted molar refractivity (Wildman–Crippen MR) is 98.2 cm³/mol. The molecule has 1 aromatic rings. The minimum Gasteiger partial charge on any atom is -0.497 e. The van der Waals surface area contributed by atoms with Crippen LogP contribution in [0.25, 0.3) is 6.08 Å². The fourth-order valence-electron chi connectivity index (χ4n) is 2.83. The molecule has 1 saturated heterocycles. The number of carbonyl (C=O) groups excluding carboxylic acids is 3. The lowest BCUT2D eigenvalue weighted by Gasteiger charge is -2.31. The molecular weight excluding hydrogens is 334 g/mol. The Kier molecular flexibility index (Phi) is 6.77. The van der Waals surface area contributed by atoms with Crippen LogP contribution in [-0.4, -0.2) is 61.3 Å². The van der Waals surface area contributed by atoms with Gasteiger partial charge < -0.3 is 20.3 Å². The van der Waals surface area contributed by atoms with Crippen LogP contribution in [0.2, 0.25) is 0 Å². The molecule has 2 N–H and O–H groups in total. The number of piperidine rings is 1. The molecule has 0 bridgehead atoms. The molecule has 0 radical (unpaired) electrons. The second kappa shape index (κ2) is 9.03. The van der Waals surface area contributed by atoms with Crippen LogP contribution in [0.3, 0.4) is 0 Å². The number of primary amides is 1. The van der Waals surface area contributed by atoms with Crippen LogP contribution in [0.1, 0.15) is 18.4 Å². The Morgan fingerprint density at radius 3 is 2.62 bits per heavy atom. The zero-order valence-corrected chi connectivity index (χ0v) is 15.2. The number of likely N-dealkylation sites (N-methyl/N-ethyl adjacent to an activating group) is 1. The van der Waals surface area contributed by atoms with Crippen molar-refractivity contribution in [3.05, 3.63) is 35.9 Å². The summed E-state index contributed by atoms with van der Waals surface area (Å²) in [6, 6.07) is 7.34. The molecule has 2 rings (SSSR count). The van der Waals surface area contributed by atoms with Crippen molar-refractivity contribution in [2.45, 2.75) is 12.8 Å². The lowest BCUT2D eigenvalue weighted by atomic mass is 9.96. The average Bonchev–Trinajstić information content (AvgIpc) is 2.66. The summed E-state index contributed by atoms with van der Waals surface area (Å²) in [5.41, 5.74) is 6.14. The monoisotopic (exact) mass is 359 g/mol. The highest BCUT2D eigenvalue weighted by Crippen LogP contribution is 2.17. The third-order valence-corrected chi connectivity index (χ3v) is 4.51. The van der Waals surface area contributed by atoms with Gasteiger partial charge in [-0.05, 0) is 36.6 Å². The van der Waals surface area contributed by atoms with Crippen molar-refractivity contribution in [2.75, 3.05) is 33.8 Å². The van der Waals surface area contributed by atoms with Crippen LogP contribution < -0.4 is 10.5 Å². The van der Waals surface area contributed by atoms with Gasteiger partial charge in [0.1, 0.15) is 5.75 Å². The van der Waals surface area contributed by atoms with Gasteiger partial charge in [0, 0.05) is 32.1 Å². The van der Waals surface area contributed by atoms with Gasteiger partial charge in [-0.15, -0.1) is 0 Å². The molecule has 0 spiro atoms. The van der Waals surface area contributed by atoms with Gasteiger partial charge in [0.05, 0.1) is 13.7 Å². The van der Waals surface area contributed by atoms with Crippen molar-refractivity contribution in [2.24, 2.45) is 11.7 Å². The van der Waals surface area contributed by atoms with Crippen LogP contribution in [0.5, 0.6) is 5.75 Å². The number of hydrogen-bond donors (Lipinski definition) is 1. The van der Waals surface area contributed by atoms with Crippen LogP contribution >= 0.6 is 0 Å². The van der Waals surface area contributed by atoms with E-state index in [1.54, 1.807) is 25.1 Å². The van der Waals surface area contributed by atoms with Gasteiger partial charge >= 0.3 is 0 Å². The molecule has 3 amide bonds. The lowest BCUT2D eigenvalue weighted by molar-refractivity contribution is -0.139. The second-order valence-corrected chi connectivity index (χ2v) is 6.36. The van der Waals surface area contributed by atoms with Crippen molar-refractivity contribution < 1.29 is 19.1 Å². The first-order chi connectivity index (χ1) is 12.4. The Hall–Kier alpha value is -2.83. The van der Waals surface area contributed by atoms with Gasteiger partial charge in [-0.25, -0.2) is 0 Å². The summed E-state index contributed by atoms with van der Waals surface area (Å²) in [6.07, 6.45) is 4.27. The predicted octanol–water partition coefficient (Wildman–Crippen LogP) is 0.891. The van der Waals surface area contributed by atoms with Gasteiger partial charge in [-0.2, -0.15) is 0 Å². The van der Waals surface area contributed by atoms with E-state index in [1.807, 2.05) is 24.3 Å². The molecule has 26 heavy (non-hydrogen) atoms. The smallest absolute Gasteiger partial charge is 0.246 e. The number of methoxy groups -OCH3 is 1. The number of likely N-dealkylation sites (tertiary alicyclic amines) is 1. The zero-order chi connectivity index (χ0) is 19.1. The highest BCUT2D eigenvalue weighted by atomic mass is 16.5. The van der Waals surface area contributed by atoms with Crippen molar-refractivity contribution in [1.82, 2.24) is 9.80 Å². The Bertz CT molecular complexity index is 694. The van der Waals surface area contributed by atoms with Gasteiger partial charge in [-0.1, -0.05) is 12.1 Å². The van der Waals surface area contributed by atoms with Crippen molar-refractivity contribution in [3.8, 4) is 5.75 Å². The number of hydrogen-bond acceptors (Lipinski definition) is 4. The van der Waals surface area contributed by atoms with E-state index in [-0.39, 0.29) is 30.2 Å². The molecule has 1 aromatic carbocycles. The van der Waals surface area contributed by atoms with E-state index in [9.17, 15) is 14.4 Å². The summed E-state index contributed by atoms with van der Waals surface area (Å²) in [5.74, 6) is -0.148. The minimum absolute atomic E-state index is 0.00250. The molecule has 140 valence electrons. The Morgan fingerprint density at radius 2 is 2.00 bits per heavy atom. The Balaban J connectivity index is 1.85. The summed E-state index contributed by atoms with van der Waals surface area (Å²) in [4.78, 5) is 38.8. The Morgan fingerprint density at radius 1 is 1.31 bits per heavy atom. The molecule has 0 aliphatic carbocycles. The molecule has 7 heteroatoms. The number of amides is 3. The van der Waals surface area contributed by atoms with Gasteiger partial charge in [-0.3, -0.25) is 14.4 Å². The highest BCUT2D eigenvalue weighted by Gasteiger charge is 2.26. The normalized spacial score (nSPS) is 15.1.